The van der Waals surface area contributed by atoms with Gasteiger partial charge in [0.05, 0.1) is 7.05 Å². The van der Waals surface area contributed by atoms with Crippen molar-refractivity contribution in [2.75, 3.05) is 20.1 Å². The molecular formula is C18H24BrN2O2+. The molecule has 0 bridgehead atoms. The van der Waals surface area contributed by atoms with E-state index in [-0.39, 0.29) is 5.91 Å². The molecular weight excluding hydrogens is 356 g/mol. The van der Waals surface area contributed by atoms with Crippen LogP contribution in [-0.2, 0) is 11.3 Å². The lowest BCUT2D eigenvalue weighted by Crippen LogP contribution is -3.08. The molecule has 2 aromatic rings. The van der Waals surface area contributed by atoms with Crippen LogP contribution in [0.5, 0.6) is 0 Å². The number of carbonyl (C=O) groups is 1. The van der Waals surface area contributed by atoms with Gasteiger partial charge in [0.25, 0.3) is 5.91 Å². The molecule has 0 aliphatic heterocycles. The molecule has 0 saturated heterocycles. The monoisotopic (exact) mass is 379 g/mol. The highest BCUT2D eigenvalue weighted by Crippen LogP contribution is 2.23. The third-order valence-electron chi connectivity index (χ3n) is 3.44. The Morgan fingerprint density at radius 3 is 2.57 bits per heavy atom. The summed E-state index contributed by atoms with van der Waals surface area (Å²) in [5.41, 5.74) is 1.05. The average molecular weight is 380 g/mol. The SMILES string of the molecule is CC(C)CNC(=O)C[NH+](C)Cc1ccc(-c2ccc(Br)cc2)o1. The van der Waals surface area contributed by atoms with Crippen molar-refractivity contribution in [3.8, 4) is 11.3 Å². The van der Waals surface area contributed by atoms with Gasteiger partial charge in [-0.2, -0.15) is 0 Å². The van der Waals surface area contributed by atoms with Crippen LogP contribution < -0.4 is 10.2 Å². The van der Waals surface area contributed by atoms with Gasteiger partial charge in [0.1, 0.15) is 12.3 Å². The van der Waals surface area contributed by atoms with E-state index in [2.05, 4.69) is 35.1 Å². The van der Waals surface area contributed by atoms with Gasteiger partial charge < -0.3 is 14.6 Å². The summed E-state index contributed by atoms with van der Waals surface area (Å²) in [4.78, 5) is 12.9. The van der Waals surface area contributed by atoms with Crippen molar-refractivity contribution in [2.45, 2.75) is 20.4 Å². The second kappa shape index (κ2) is 8.31. The first-order valence-electron chi connectivity index (χ1n) is 7.86. The maximum atomic E-state index is 11.8. The smallest absolute Gasteiger partial charge is 0.275 e. The Kier molecular flexibility index (Phi) is 6.42. The van der Waals surface area contributed by atoms with E-state index in [0.29, 0.717) is 19.0 Å². The minimum atomic E-state index is 0.0795. The predicted molar refractivity (Wildman–Crippen MR) is 95.1 cm³/mol. The molecule has 23 heavy (non-hydrogen) atoms. The minimum Gasteiger partial charge on any atom is -0.455 e. The first-order valence-corrected chi connectivity index (χ1v) is 8.66. The third kappa shape index (κ3) is 5.84. The van der Waals surface area contributed by atoms with Crippen LogP contribution in [-0.4, -0.2) is 26.0 Å². The van der Waals surface area contributed by atoms with E-state index in [9.17, 15) is 4.79 Å². The highest BCUT2D eigenvalue weighted by molar-refractivity contribution is 9.10. The van der Waals surface area contributed by atoms with Gasteiger partial charge in [-0.15, -0.1) is 0 Å². The Bertz CT molecular complexity index is 635. The van der Waals surface area contributed by atoms with Gasteiger partial charge in [-0.05, 0) is 30.2 Å². The number of amides is 1. The number of nitrogens with one attached hydrogen (secondary N) is 2. The van der Waals surface area contributed by atoms with Gasteiger partial charge >= 0.3 is 0 Å². The van der Waals surface area contributed by atoms with Crippen LogP contribution in [0.4, 0.5) is 0 Å². The highest BCUT2D eigenvalue weighted by Gasteiger charge is 2.13. The van der Waals surface area contributed by atoms with Gasteiger partial charge in [0.15, 0.2) is 12.3 Å². The first-order chi connectivity index (χ1) is 10.9. The first kappa shape index (κ1) is 17.8. The summed E-state index contributed by atoms with van der Waals surface area (Å²) in [5, 5.41) is 2.94. The van der Waals surface area contributed by atoms with E-state index in [0.717, 1.165) is 33.0 Å². The van der Waals surface area contributed by atoms with E-state index >= 15 is 0 Å². The summed E-state index contributed by atoms with van der Waals surface area (Å²) in [7, 11) is 2.00. The van der Waals surface area contributed by atoms with E-state index in [1.165, 1.54) is 0 Å². The van der Waals surface area contributed by atoms with Crippen molar-refractivity contribution in [1.29, 1.82) is 0 Å². The quantitative estimate of drug-likeness (QED) is 0.776. The zero-order valence-electron chi connectivity index (χ0n) is 13.9. The van der Waals surface area contributed by atoms with E-state index in [1.807, 2.05) is 43.4 Å². The van der Waals surface area contributed by atoms with Crippen LogP contribution in [0.2, 0.25) is 0 Å². The summed E-state index contributed by atoms with van der Waals surface area (Å²) < 4.78 is 6.94. The molecule has 1 aromatic heterocycles. The average Bonchev–Trinajstić information content (AvgIpc) is 2.94. The van der Waals surface area contributed by atoms with Gasteiger partial charge in [-0.3, -0.25) is 4.79 Å². The van der Waals surface area contributed by atoms with E-state index < -0.39 is 0 Å². The number of benzene rings is 1. The Labute approximate surface area is 146 Å². The number of rotatable bonds is 7. The normalized spacial score (nSPS) is 12.4. The van der Waals surface area contributed by atoms with Crippen molar-refractivity contribution >= 4 is 21.8 Å². The molecule has 0 aliphatic rings. The predicted octanol–water partition coefficient (Wildman–Crippen LogP) is 2.50. The van der Waals surface area contributed by atoms with Gasteiger partial charge in [0.2, 0.25) is 0 Å². The van der Waals surface area contributed by atoms with Crippen LogP contribution in [0.15, 0.2) is 45.3 Å². The topological polar surface area (TPSA) is 46.7 Å². The molecule has 0 aliphatic carbocycles. The van der Waals surface area contributed by atoms with Crippen LogP contribution in [0.3, 0.4) is 0 Å². The summed E-state index contributed by atoms with van der Waals surface area (Å²) in [5.74, 6) is 2.29. The standard InChI is InChI=1S/C18H23BrN2O2/c1-13(2)10-20-18(22)12-21(3)11-16-8-9-17(23-16)14-4-6-15(19)7-5-14/h4-9,13H,10-12H2,1-3H3,(H,20,22)/p+1. The lowest BCUT2D eigenvalue weighted by atomic mass is 10.2. The Morgan fingerprint density at radius 2 is 1.91 bits per heavy atom. The number of hydrogen-bond donors (Lipinski definition) is 2. The summed E-state index contributed by atoms with van der Waals surface area (Å²) >= 11 is 3.43. The lowest BCUT2D eigenvalue weighted by Gasteiger charge is -2.13. The summed E-state index contributed by atoms with van der Waals surface area (Å²) in [6, 6.07) is 12.0. The molecule has 1 unspecified atom stereocenters. The zero-order valence-corrected chi connectivity index (χ0v) is 15.4. The Balaban J connectivity index is 1.88. The number of carbonyl (C=O) groups excluding carboxylic acids is 1. The highest BCUT2D eigenvalue weighted by atomic mass is 79.9. The van der Waals surface area contributed by atoms with Gasteiger partial charge in [-0.25, -0.2) is 0 Å². The molecule has 0 radical (unpaired) electrons. The molecule has 2 N–H and O–H groups in total. The maximum Gasteiger partial charge on any atom is 0.275 e. The van der Waals surface area contributed by atoms with Crippen molar-refractivity contribution < 1.29 is 14.1 Å². The molecule has 1 atom stereocenters. The molecule has 1 aromatic carbocycles. The molecule has 0 saturated carbocycles. The third-order valence-corrected chi connectivity index (χ3v) is 3.96. The molecule has 2 rings (SSSR count). The number of halogens is 1. The van der Waals surface area contributed by atoms with Crippen LogP contribution in [0, 0.1) is 5.92 Å². The van der Waals surface area contributed by atoms with E-state index in [4.69, 9.17) is 4.42 Å². The minimum absolute atomic E-state index is 0.0795. The molecule has 0 fully saturated rings. The molecule has 0 spiro atoms. The van der Waals surface area contributed by atoms with Gasteiger partial charge in [-0.1, -0.05) is 41.9 Å². The molecule has 1 amide bonds. The lowest BCUT2D eigenvalue weighted by molar-refractivity contribution is -0.886. The number of likely N-dealkylation sites (N-methyl/N-ethyl adjacent to an activating group) is 1. The molecule has 5 heteroatoms. The van der Waals surface area contributed by atoms with Crippen LogP contribution in [0.1, 0.15) is 19.6 Å². The second-order valence-electron chi connectivity index (χ2n) is 6.28. The van der Waals surface area contributed by atoms with Crippen molar-refractivity contribution in [1.82, 2.24) is 5.32 Å². The fourth-order valence-corrected chi connectivity index (χ4v) is 2.52. The molecule has 124 valence electrons. The fraction of sp³-hybridized carbons (Fsp3) is 0.389. The second-order valence-corrected chi connectivity index (χ2v) is 7.20. The number of quaternary nitrogens is 1. The van der Waals surface area contributed by atoms with E-state index in [1.54, 1.807) is 0 Å². The van der Waals surface area contributed by atoms with Crippen molar-refractivity contribution in [2.24, 2.45) is 5.92 Å². The van der Waals surface area contributed by atoms with Crippen molar-refractivity contribution in [3.05, 3.63) is 46.6 Å². The summed E-state index contributed by atoms with van der Waals surface area (Å²) in [6.45, 7) is 6.03. The maximum absolute atomic E-state index is 11.8. The van der Waals surface area contributed by atoms with Gasteiger partial charge in [0, 0.05) is 16.6 Å². The Hall–Kier alpha value is -1.59. The number of furan rings is 1. The number of hydrogen-bond acceptors (Lipinski definition) is 2. The largest absolute Gasteiger partial charge is 0.455 e. The van der Waals surface area contributed by atoms with Crippen LogP contribution >= 0.6 is 15.9 Å². The van der Waals surface area contributed by atoms with Crippen LogP contribution in [0.25, 0.3) is 11.3 Å². The van der Waals surface area contributed by atoms with Crippen molar-refractivity contribution in [3.63, 3.8) is 0 Å². The summed E-state index contributed by atoms with van der Waals surface area (Å²) in [6.07, 6.45) is 0. The molecule has 1 heterocycles. The molecule has 4 nitrogen and oxygen atoms in total. The zero-order chi connectivity index (χ0) is 16.8. The Morgan fingerprint density at radius 1 is 1.22 bits per heavy atom. The fourth-order valence-electron chi connectivity index (χ4n) is 2.26.